The van der Waals surface area contributed by atoms with E-state index in [0.29, 0.717) is 11.0 Å². The molecule has 2 N–H and O–H groups in total. The standard InChI is InChI=1S/C19H15IN4O2/c1-26-15-8-2-12(3-9-15)16-10-23(14-6-4-13(20)5-7-14)18-17(16)19(25)24(21)11-22-18/h2-11H,21H2,1H3. The Bertz CT molecular complexity index is 1150. The fourth-order valence-corrected chi connectivity index (χ4v) is 3.28. The van der Waals surface area contributed by atoms with Gasteiger partial charge >= 0.3 is 0 Å². The van der Waals surface area contributed by atoms with Crippen LogP contribution in [0.3, 0.4) is 0 Å². The third kappa shape index (κ3) is 2.74. The minimum atomic E-state index is -0.287. The molecule has 2 aromatic carbocycles. The second-order valence-electron chi connectivity index (χ2n) is 5.77. The first-order chi connectivity index (χ1) is 12.6. The zero-order chi connectivity index (χ0) is 18.3. The van der Waals surface area contributed by atoms with Crippen molar-refractivity contribution in [3.05, 3.63) is 75.0 Å². The molecule has 0 spiro atoms. The van der Waals surface area contributed by atoms with Crippen LogP contribution in [0.4, 0.5) is 0 Å². The lowest BCUT2D eigenvalue weighted by molar-refractivity contribution is 0.415. The number of ether oxygens (including phenoxy) is 1. The largest absolute Gasteiger partial charge is 0.497 e. The molecule has 0 aliphatic carbocycles. The maximum absolute atomic E-state index is 12.7. The van der Waals surface area contributed by atoms with Crippen LogP contribution in [0.15, 0.2) is 65.8 Å². The van der Waals surface area contributed by atoms with Crippen LogP contribution in [0.1, 0.15) is 0 Å². The molecule has 0 amide bonds. The number of halogens is 1. The first-order valence-electron chi connectivity index (χ1n) is 7.86. The van der Waals surface area contributed by atoms with Gasteiger partial charge in [-0.15, -0.1) is 0 Å². The Balaban J connectivity index is 2.01. The zero-order valence-corrected chi connectivity index (χ0v) is 16.0. The Morgan fingerprint density at radius 2 is 1.77 bits per heavy atom. The van der Waals surface area contributed by atoms with E-state index in [2.05, 4.69) is 27.6 Å². The summed E-state index contributed by atoms with van der Waals surface area (Å²) in [6, 6.07) is 15.6. The van der Waals surface area contributed by atoms with E-state index in [-0.39, 0.29) is 5.56 Å². The van der Waals surface area contributed by atoms with Crippen LogP contribution in [-0.4, -0.2) is 21.3 Å². The highest BCUT2D eigenvalue weighted by atomic mass is 127. The Morgan fingerprint density at radius 3 is 2.42 bits per heavy atom. The van der Waals surface area contributed by atoms with Crippen molar-refractivity contribution in [1.29, 1.82) is 0 Å². The molecule has 0 aliphatic heterocycles. The number of hydrogen-bond donors (Lipinski definition) is 1. The van der Waals surface area contributed by atoms with Crippen molar-refractivity contribution < 1.29 is 4.74 Å². The van der Waals surface area contributed by atoms with Crippen LogP contribution in [0, 0.1) is 3.57 Å². The Hall–Kier alpha value is -2.81. The van der Waals surface area contributed by atoms with Crippen molar-refractivity contribution in [3.8, 4) is 22.6 Å². The molecule has 0 saturated carbocycles. The summed E-state index contributed by atoms with van der Waals surface area (Å²) in [4.78, 5) is 17.1. The summed E-state index contributed by atoms with van der Waals surface area (Å²) in [7, 11) is 1.62. The molecule has 0 bridgehead atoms. The molecule has 2 aromatic heterocycles. The molecule has 0 fully saturated rings. The number of methoxy groups -OCH3 is 1. The number of aromatic nitrogens is 3. The van der Waals surface area contributed by atoms with E-state index in [9.17, 15) is 4.79 Å². The molecule has 7 heteroatoms. The Labute approximate surface area is 163 Å². The zero-order valence-electron chi connectivity index (χ0n) is 13.9. The summed E-state index contributed by atoms with van der Waals surface area (Å²) in [5.74, 6) is 6.51. The maximum atomic E-state index is 12.7. The predicted molar refractivity (Wildman–Crippen MR) is 110 cm³/mol. The molecule has 130 valence electrons. The first kappa shape index (κ1) is 16.6. The van der Waals surface area contributed by atoms with E-state index >= 15 is 0 Å². The highest BCUT2D eigenvalue weighted by molar-refractivity contribution is 14.1. The number of fused-ring (bicyclic) bond motifs is 1. The average molecular weight is 458 g/mol. The van der Waals surface area contributed by atoms with Gasteiger partial charge in [-0.3, -0.25) is 4.79 Å². The molecule has 0 unspecified atom stereocenters. The average Bonchev–Trinajstić information content (AvgIpc) is 3.06. The molecule has 4 aromatic rings. The maximum Gasteiger partial charge on any atom is 0.281 e. The molecule has 26 heavy (non-hydrogen) atoms. The van der Waals surface area contributed by atoms with Crippen LogP contribution in [0.2, 0.25) is 0 Å². The minimum absolute atomic E-state index is 0.287. The molecular formula is C19H15IN4O2. The summed E-state index contributed by atoms with van der Waals surface area (Å²) in [5, 5.41) is 0.485. The topological polar surface area (TPSA) is 75.1 Å². The van der Waals surface area contributed by atoms with Crippen molar-refractivity contribution in [2.45, 2.75) is 0 Å². The van der Waals surface area contributed by atoms with Crippen molar-refractivity contribution in [3.63, 3.8) is 0 Å². The van der Waals surface area contributed by atoms with E-state index in [4.69, 9.17) is 10.6 Å². The molecule has 0 aliphatic rings. The Kier molecular flexibility index (Phi) is 4.15. The SMILES string of the molecule is COc1ccc(-c2cn(-c3ccc(I)cc3)c3ncn(N)c(=O)c23)cc1. The number of hydrogen-bond acceptors (Lipinski definition) is 4. The van der Waals surface area contributed by atoms with Gasteiger partial charge in [-0.25, -0.2) is 9.66 Å². The summed E-state index contributed by atoms with van der Waals surface area (Å²) < 4.78 is 9.27. The summed E-state index contributed by atoms with van der Waals surface area (Å²) in [6.07, 6.45) is 3.26. The van der Waals surface area contributed by atoms with E-state index in [0.717, 1.165) is 30.8 Å². The third-order valence-corrected chi connectivity index (χ3v) is 4.96. The van der Waals surface area contributed by atoms with Crippen molar-refractivity contribution in [1.82, 2.24) is 14.2 Å². The number of nitrogen functional groups attached to an aromatic ring is 1. The van der Waals surface area contributed by atoms with Gasteiger partial charge in [0.15, 0.2) is 5.65 Å². The quantitative estimate of drug-likeness (QED) is 0.378. The van der Waals surface area contributed by atoms with E-state index in [1.54, 1.807) is 7.11 Å². The van der Waals surface area contributed by atoms with Crippen LogP contribution >= 0.6 is 22.6 Å². The molecule has 4 rings (SSSR count). The van der Waals surface area contributed by atoms with Gasteiger partial charge in [-0.2, -0.15) is 0 Å². The van der Waals surface area contributed by atoms with Gasteiger partial charge in [0, 0.05) is 21.0 Å². The van der Waals surface area contributed by atoms with Gasteiger partial charge in [-0.05, 0) is 64.6 Å². The second-order valence-corrected chi connectivity index (χ2v) is 7.02. The smallest absolute Gasteiger partial charge is 0.281 e. The number of nitrogens with two attached hydrogens (primary N) is 1. The van der Waals surface area contributed by atoms with Gasteiger partial charge < -0.3 is 15.1 Å². The van der Waals surface area contributed by atoms with Gasteiger partial charge in [0.05, 0.1) is 12.5 Å². The third-order valence-electron chi connectivity index (χ3n) is 4.24. The highest BCUT2D eigenvalue weighted by Crippen LogP contribution is 2.30. The molecule has 0 radical (unpaired) electrons. The van der Waals surface area contributed by atoms with Crippen LogP contribution < -0.4 is 16.1 Å². The monoisotopic (exact) mass is 458 g/mol. The summed E-state index contributed by atoms with van der Waals surface area (Å²) in [6.45, 7) is 0. The van der Waals surface area contributed by atoms with Crippen molar-refractivity contribution in [2.75, 3.05) is 13.0 Å². The molecule has 2 heterocycles. The van der Waals surface area contributed by atoms with Crippen molar-refractivity contribution >= 4 is 33.6 Å². The van der Waals surface area contributed by atoms with Crippen LogP contribution in [-0.2, 0) is 0 Å². The van der Waals surface area contributed by atoms with Crippen molar-refractivity contribution in [2.24, 2.45) is 0 Å². The molecular weight excluding hydrogens is 443 g/mol. The lowest BCUT2D eigenvalue weighted by atomic mass is 10.1. The van der Waals surface area contributed by atoms with E-state index in [1.165, 1.54) is 6.33 Å². The van der Waals surface area contributed by atoms with Crippen LogP contribution in [0.25, 0.3) is 27.8 Å². The number of benzene rings is 2. The summed E-state index contributed by atoms with van der Waals surface area (Å²) in [5.41, 5.74) is 2.88. The first-order valence-corrected chi connectivity index (χ1v) is 8.94. The number of nitrogens with zero attached hydrogens (tertiary/aromatic N) is 3. The fraction of sp³-hybridized carbons (Fsp3) is 0.0526. The molecule has 6 nitrogen and oxygen atoms in total. The lowest BCUT2D eigenvalue weighted by Gasteiger charge is -2.04. The molecule has 0 atom stereocenters. The highest BCUT2D eigenvalue weighted by Gasteiger charge is 2.17. The predicted octanol–water partition coefficient (Wildman–Crippen LogP) is 3.18. The molecule has 0 saturated heterocycles. The van der Waals surface area contributed by atoms with Gasteiger partial charge in [0.2, 0.25) is 0 Å². The van der Waals surface area contributed by atoms with Crippen LogP contribution in [0.5, 0.6) is 5.75 Å². The minimum Gasteiger partial charge on any atom is -0.497 e. The second kappa shape index (κ2) is 6.49. The van der Waals surface area contributed by atoms with E-state index < -0.39 is 0 Å². The normalized spacial score (nSPS) is 11.0. The van der Waals surface area contributed by atoms with Gasteiger partial charge in [0.1, 0.15) is 12.1 Å². The number of rotatable bonds is 3. The van der Waals surface area contributed by atoms with Gasteiger partial charge in [-0.1, -0.05) is 12.1 Å². The van der Waals surface area contributed by atoms with E-state index in [1.807, 2.05) is 59.3 Å². The van der Waals surface area contributed by atoms with Gasteiger partial charge in [0.25, 0.3) is 5.56 Å². The summed E-state index contributed by atoms with van der Waals surface area (Å²) >= 11 is 2.26. The lowest BCUT2D eigenvalue weighted by Crippen LogP contribution is -2.27. The fourth-order valence-electron chi connectivity index (χ4n) is 2.92. The Morgan fingerprint density at radius 1 is 1.08 bits per heavy atom.